The molecule has 34 heavy (non-hydrogen) atoms. The van der Waals surface area contributed by atoms with E-state index in [1.54, 1.807) is 13.0 Å². The van der Waals surface area contributed by atoms with Crippen LogP contribution in [0, 0.1) is 24.4 Å². The van der Waals surface area contributed by atoms with Gasteiger partial charge in [-0.1, -0.05) is 13.0 Å². The van der Waals surface area contributed by atoms with E-state index in [1.165, 1.54) is 17.0 Å². The summed E-state index contributed by atoms with van der Waals surface area (Å²) >= 11 is 0. The zero-order valence-corrected chi connectivity index (χ0v) is 19.6. The molecular formula is C24H31F3N4O3. The van der Waals surface area contributed by atoms with Crippen molar-refractivity contribution in [2.45, 2.75) is 26.3 Å². The van der Waals surface area contributed by atoms with E-state index in [4.69, 9.17) is 5.11 Å². The molecular weight excluding hydrogens is 449 g/mol. The van der Waals surface area contributed by atoms with Crippen LogP contribution in [0.5, 0.6) is 0 Å². The first-order chi connectivity index (χ1) is 16.2. The summed E-state index contributed by atoms with van der Waals surface area (Å²) in [6.45, 7) is 6.50. The molecule has 7 nitrogen and oxygen atoms in total. The fraction of sp³-hybridized carbons (Fsp3) is 0.417. The fourth-order valence-electron chi connectivity index (χ4n) is 3.39. The first-order valence-electron chi connectivity index (χ1n) is 11.0. The van der Waals surface area contributed by atoms with Gasteiger partial charge < -0.3 is 25.5 Å². The van der Waals surface area contributed by atoms with Crippen LogP contribution < -0.4 is 10.6 Å². The molecule has 2 aromatic carbocycles. The van der Waals surface area contributed by atoms with Gasteiger partial charge in [0.25, 0.3) is 5.91 Å². The zero-order valence-electron chi connectivity index (χ0n) is 19.6. The average Bonchev–Trinajstić information content (AvgIpc) is 2.76. The van der Waals surface area contributed by atoms with Gasteiger partial charge in [0.2, 0.25) is 6.41 Å². The van der Waals surface area contributed by atoms with Crippen molar-refractivity contribution in [2.24, 2.45) is 0 Å². The zero-order chi connectivity index (χ0) is 25.3. The molecule has 0 saturated carbocycles. The molecule has 186 valence electrons. The van der Waals surface area contributed by atoms with Crippen molar-refractivity contribution in [1.82, 2.24) is 15.1 Å². The van der Waals surface area contributed by atoms with E-state index in [9.17, 15) is 22.8 Å². The normalized spacial score (nSPS) is 13.1. The second-order valence-electron chi connectivity index (χ2n) is 8.11. The third kappa shape index (κ3) is 7.19. The molecule has 0 bridgehead atoms. The molecule has 1 fully saturated rings. The Hall–Kier alpha value is -3.11. The van der Waals surface area contributed by atoms with Crippen LogP contribution in [0.15, 0.2) is 30.3 Å². The first kappa shape index (κ1) is 27.1. The Morgan fingerprint density at radius 1 is 1.18 bits per heavy atom. The number of benzene rings is 2. The number of rotatable bonds is 9. The summed E-state index contributed by atoms with van der Waals surface area (Å²) in [5.74, 6) is -3.60. The highest BCUT2D eigenvalue weighted by molar-refractivity contribution is 6.01. The average molecular weight is 481 g/mol. The maximum absolute atomic E-state index is 14.3. The molecule has 1 heterocycles. The lowest BCUT2D eigenvalue weighted by molar-refractivity contribution is -0.111. The van der Waals surface area contributed by atoms with E-state index in [0.29, 0.717) is 12.0 Å². The maximum Gasteiger partial charge on any atom is 0.256 e. The van der Waals surface area contributed by atoms with Crippen LogP contribution in [0.25, 0.3) is 0 Å². The maximum atomic E-state index is 14.3. The lowest BCUT2D eigenvalue weighted by atomic mass is 10.0. The highest BCUT2D eigenvalue weighted by atomic mass is 19.2. The van der Waals surface area contributed by atoms with Gasteiger partial charge in [-0.25, -0.2) is 13.2 Å². The number of likely N-dealkylation sites (N-methyl/N-ethyl adjacent to an activating group) is 1. The number of nitrogens with one attached hydrogen (secondary N) is 2. The van der Waals surface area contributed by atoms with Crippen molar-refractivity contribution in [3.8, 4) is 0 Å². The van der Waals surface area contributed by atoms with Gasteiger partial charge in [-0.15, -0.1) is 0 Å². The topological polar surface area (TPSA) is 84.9 Å². The van der Waals surface area contributed by atoms with Crippen LogP contribution in [0.2, 0.25) is 0 Å². The number of carbonyl (C=O) groups excluding carboxylic acids is 2. The second kappa shape index (κ2) is 13.0. The smallest absolute Gasteiger partial charge is 0.256 e. The number of halogens is 3. The standard InChI is InChI=1S/C18H16F3N3O2.C6H15NO/c1-10-2-5-15(14(20)6-10)23-17-12(3-4-13(19)16(17)21)18(26)24-7-11(8-24)22-9-25;1-3-4-7(2)5-6-8/h2-6,9,11,23H,7-8H2,1H3,(H,22,25);8H,3-6H2,1-2H3. The lowest BCUT2D eigenvalue weighted by Crippen LogP contribution is -2.59. The predicted octanol–water partition coefficient (Wildman–Crippen LogP) is 3.05. The van der Waals surface area contributed by atoms with Crippen LogP contribution in [0.4, 0.5) is 24.5 Å². The molecule has 10 heteroatoms. The number of nitrogens with zero attached hydrogens (tertiary/aromatic N) is 2. The Balaban J connectivity index is 0.000000440. The molecule has 0 aromatic heterocycles. The minimum atomic E-state index is -1.26. The van der Waals surface area contributed by atoms with E-state index >= 15 is 0 Å². The molecule has 0 atom stereocenters. The molecule has 0 unspecified atom stereocenters. The van der Waals surface area contributed by atoms with Gasteiger partial charge in [-0.05, 0) is 56.8 Å². The van der Waals surface area contributed by atoms with Crippen molar-refractivity contribution in [3.05, 3.63) is 58.9 Å². The number of amides is 2. The van der Waals surface area contributed by atoms with Gasteiger partial charge in [0.05, 0.1) is 29.6 Å². The summed E-state index contributed by atoms with van der Waals surface area (Å²) in [5, 5.41) is 13.4. The van der Waals surface area contributed by atoms with Crippen LogP contribution >= 0.6 is 0 Å². The Bertz CT molecular complexity index is 978. The molecule has 3 N–H and O–H groups in total. The molecule has 1 aliphatic rings. The summed E-state index contributed by atoms with van der Waals surface area (Å²) in [4.78, 5) is 26.5. The number of aliphatic hydroxyl groups excluding tert-OH is 1. The molecule has 1 saturated heterocycles. The van der Waals surface area contributed by atoms with Crippen LogP contribution in [-0.2, 0) is 4.79 Å². The monoisotopic (exact) mass is 480 g/mol. The van der Waals surface area contributed by atoms with Crippen LogP contribution in [-0.4, -0.2) is 73.1 Å². The summed E-state index contributed by atoms with van der Waals surface area (Å²) < 4.78 is 42.0. The highest BCUT2D eigenvalue weighted by Gasteiger charge is 2.33. The molecule has 1 aliphatic heterocycles. The lowest BCUT2D eigenvalue weighted by Gasteiger charge is -2.39. The molecule has 2 aromatic rings. The van der Waals surface area contributed by atoms with Crippen LogP contribution in [0.3, 0.4) is 0 Å². The van der Waals surface area contributed by atoms with E-state index in [0.717, 1.165) is 31.6 Å². The largest absolute Gasteiger partial charge is 0.395 e. The van der Waals surface area contributed by atoms with Crippen molar-refractivity contribution >= 4 is 23.7 Å². The Labute approximate surface area is 197 Å². The Morgan fingerprint density at radius 3 is 2.47 bits per heavy atom. The predicted molar refractivity (Wildman–Crippen MR) is 125 cm³/mol. The molecule has 0 aliphatic carbocycles. The number of aliphatic hydroxyl groups is 1. The van der Waals surface area contributed by atoms with E-state index < -0.39 is 29.0 Å². The number of aryl methyl sites for hydroxylation is 1. The van der Waals surface area contributed by atoms with Gasteiger partial charge in [0.1, 0.15) is 5.82 Å². The van der Waals surface area contributed by atoms with Gasteiger partial charge in [-0.3, -0.25) is 9.59 Å². The number of carbonyl (C=O) groups is 2. The van der Waals surface area contributed by atoms with Crippen molar-refractivity contribution in [2.75, 3.05) is 45.2 Å². The summed E-state index contributed by atoms with van der Waals surface area (Å²) in [6, 6.07) is 6.06. The Kier molecular flexibility index (Phi) is 10.3. The van der Waals surface area contributed by atoms with Gasteiger partial charge >= 0.3 is 0 Å². The van der Waals surface area contributed by atoms with Gasteiger partial charge in [0, 0.05) is 19.6 Å². The molecule has 0 spiro atoms. The summed E-state index contributed by atoms with van der Waals surface area (Å²) in [6.07, 6.45) is 1.70. The number of anilines is 2. The molecule has 0 radical (unpaired) electrons. The molecule has 2 amide bonds. The quantitative estimate of drug-likeness (QED) is 0.481. The highest BCUT2D eigenvalue weighted by Crippen LogP contribution is 2.30. The van der Waals surface area contributed by atoms with E-state index in [1.807, 2.05) is 7.05 Å². The van der Waals surface area contributed by atoms with Gasteiger partial charge in [0.15, 0.2) is 11.6 Å². The number of hydrogen-bond donors (Lipinski definition) is 3. The third-order valence-electron chi connectivity index (χ3n) is 5.27. The van der Waals surface area contributed by atoms with Crippen molar-refractivity contribution in [3.63, 3.8) is 0 Å². The van der Waals surface area contributed by atoms with Crippen LogP contribution in [0.1, 0.15) is 29.3 Å². The first-order valence-corrected chi connectivity index (χ1v) is 11.0. The summed E-state index contributed by atoms with van der Waals surface area (Å²) in [5.41, 5.74) is 0.0506. The number of likely N-dealkylation sites (tertiary alicyclic amines) is 1. The molecule has 3 rings (SSSR count). The minimum absolute atomic E-state index is 0.0711. The van der Waals surface area contributed by atoms with E-state index in [-0.39, 0.29) is 37.0 Å². The SMILES string of the molecule is CCCN(C)CCO.Cc1ccc(Nc2c(C(=O)N3CC(NC=O)C3)ccc(F)c2F)c(F)c1. The minimum Gasteiger partial charge on any atom is -0.395 e. The second-order valence-corrected chi connectivity index (χ2v) is 8.11. The Morgan fingerprint density at radius 2 is 1.88 bits per heavy atom. The van der Waals surface area contributed by atoms with E-state index in [2.05, 4.69) is 22.5 Å². The number of hydrogen-bond acceptors (Lipinski definition) is 5. The van der Waals surface area contributed by atoms with Crippen molar-refractivity contribution < 1.29 is 27.9 Å². The summed E-state index contributed by atoms with van der Waals surface area (Å²) in [7, 11) is 2.01. The third-order valence-corrected chi connectivity index (χ3v) is 5.27. The fourth-order valence-corrected chi connectivity index (χ4v) is 3.39. The van der Waals surface area contributed by atoms with Gasteiger partial charge in [-0.2, -0.15) is 0 Å². The van der Waals surface area contributed by atoms with Crippen molar-refractivity contribution in [1.29, 1.82) is 0 Å².